The summed E-state index contributed by atoms with van der Waals surface area (Å²) in [7, 11) is 0. The first-order chi connectivity index (χ1) is 10.6. The van der Waals surface area contributed by atoms with Gasteiger partial charge in [-0.3, -0.25) is 9.69 Å². The van der Waals surface area contributed by atoms with Crippen LogP contribution < -0.4 is 0 Å². The molecule has 22 heavy (non-hydrogen) atoms. The van der Waals surface area contributed by atoms with Crippen LogP contribution in [0.15, 0.2) is 26.5 Å². The standard InChI is InChI=1S/C15H18BrN3O2S/c1-11-9-12(17-21-11)10-18-5-2-6-19(8-7-18)15(20)13-3-4-14(16)22-13/h3-4,9H,2,5-8,10H2,1H3. The molecule has 1 aliphatic rings. The minimum atomic E-state index is 0.134. The van der Waals surface area contributed by atoms with Crippen molar-refractivity contribution in [2.24, 2.45) is 0 Å². The second-order valence-electron chi connectivity index (χ2n) is 5.45. The molecule has 0 saturated carbocycles. The van der Waals surface area contributed by atoms with E-state index in [4.69, 9.17) is 4.52 Å². The van der Waals surface area contributed by atoms with Gasteiger partial charge in [-0.2, -0.15) is 0 Å². The van der Waals surface area contributed by atoms with E-state index in [1.807, 2.05) is 30.0 Å². The van der Waals surface area contributed by atoms with Crippen molar-refractivity contribution < 1.29 is 9.32 Å². The van der Waals surface area contributed by atoms with Crippen molar-refractivity contribution in [3.63, 3.8) is 0 Å². The molecule has 0 atom stereocenters. The van der Waals surface area contributed by atoms with Crippen LogP contribution >= 0.6 is 27.3 Å². The molecule has 3 heterocycles. The fourth-order valence-corrected chi connectivity index (χ4v) is 3.99. The Bertz CT molecular complexity index is 655. The molecule has 1 saturated heterocycles. The smallest absolute Gasteiger partial charge is 0.264 e. The highest BCUT2D eigenvalue weighted by molar-refractivity contribution is 9.11. The molecule has 2 aromatic heterocycles. The zero-order valence-corrected chi connectivity index (χ0v) is 14.8. The molecule has 0 unspecified atom stereocenters. The highest BCUT2D eigenvalue weighted by atomic mass is 79.9. The van der Waals surface area contributed by atoms with Crippen LogP contribution in [0.3, 0.4) is 0 Å². The van der Waals surface area contributed by atoms with Gasteiger partial charge in [0.1, 0.15) is 5.76 Å². The number of carbonyl (C=O) groups excluding carboxylic acids is 1. The maximum Gasteiger partial charge on any atom is 0.264 e. The van der Waals surface area contributed by atoms with Gasteiger partial charge in [-0.25, -0.2) is 0 Å². The zero-order valence-electron chi connectivity index (χ0n) is 12.4. The first-order valence-electron chi connectivity index (χ1n) is 7.31. The summed E-state index contributed by atoms with van der Waals surface area (Å²) in [5, 5.41) is 4.04. The Labute approximate surface area is 142 Å². The van der Waals surface area contributed by atoms with Crippen LogP contribution in [0.25, 0.3) is 0 Å². The minimum Gasteiger partial charge on any atom is -0.361 e. The summed E-state index contributed by atoms with van der Waals surface area (Å²) in [5.41, 5.74) is 0.958. The summed E-state index contributed by atoms with van der Waals surface area (Å²) < 4.78 is 6.11. The summed E-state index contributed by atoms with van der Waals surface area (Å²) in [5.74, 6) is 0.972. The summed E-state index contributed by atoms with van der Waals surface area (Å²) >= 11 is 4.90. The molecule has 0 N–H and O–H groups in total. The maximum absolute atomic E-state index is 12.5. The van der Waals surface area contributed by atoms with Crippen molar-refractivity contribution in [2.45, 2.75) is 19.9 Å². The first kappa shape index (κ1) is 15.7. The molecule has 0 aromatic carbocycles. The highest BCUT2D eigenvalue weighted by Crippen LogP contribution is 2.23. The number of hydrogen-bond acceptors (Lipinski definition) is 5. The number of thiophene rings is 1. The Balaban J connectivity index is 1.58. The molecule has 5 nitrogen and oxygen atoms in total. The predicted octanol–water partition coefficient (Wildman–Crippen LogP) is 3.16. The van der Waals surface area contributed by atoms with Gasteiger partial charge in [-0.05, 0) is 41.4 Å². The third-order valence-electron chi connectivity index (χ3n) is 3.72. The van der Waals surface area contributed by atoms with E-state index in [9.17, 15) is 4.79 Å². The van der Waals surface area contributed by atoms with Crippen molar-refractivity contribution in [1.82, 2.24) is 15.0 Å². The molecule has 1 aliphatic heterocycles. The van der Waals surface area contributed by atoms with E-state index in [1.165, 1.54) is 11.3 Å². The average Bonchev–Trinajstić information content (AvgIpc) is 3.02. The van der Waals surface area contributed by atoms with Gasteiger partial charge in [0.25, 0.3) is 5.91 Å². The van der Waals surface area contributed by atoms with E-state index in [2.05, 4.69) is 26.0 Å². The molecule has 3 rings (SSSR count). The lowest BCUT2D eigenvalue weighted by Crippen LogP contribution is -2.34. The first-order valence-corrected chi connectivity index (χ1v) is 8.92. The van der Waals surface area contributed by atoms with E-state index in [-0.39, 0.29) is 5.91 Å². The lowest BCUT2D eigenvalue weighted by molar-refractivity contribution is 0.0766. The SMILES string of the molecule is Cc1cc(CN2CCCN(C(=O)c3ccc(Br)s3)CC2)no1. The highest BCUT2D eigenvalue weighted by Gasteiger charge is 2.21. The number of nitrogens with zero attached hydrogens (tertiary/aromatic N) is 3. The quantitative estimate of drug-likeness (QED) is 0.816. The maximum atomic E-state index is 12.5. The molecule has 1 amide bonds. The number of carbonyl (C=O) groups is 1. The van der Waals surface area contributed by atoms with Crippen LogP contribution in [-0.4, -0.2) is 47.0 Å². The van der Waals surface area contributed by atoms with Crippen LogP contribution in [-0.2, 0) is 6.54 Å². The Morgan fingerprint density at radius 2 is 2.23 bits per heavy atom. The number of amides is 1. The molecule has 7 heteroatoms. The second kappa shape index (κ2) is 6.93. The minimum absolute atomic E-state index is 0.134. The number of rotatable bonds is 3. The van der Waals surface area contributed by atoms with Crippen LogP contribution in [0.1, 0.15) is 27.5 Å². The third-order valence-corrected chi connectivity index (χ3v) is 5.33. The van der Waals surface area contributed by atoms with E-state index >= 15 is 0 Å². The number of aryl methyl sites for hydroxylation is 1. The van der Waals surface area contributed by atoms with Crippen molar-refractivity contribution >= 4 is 33.2 Å². The lowest BCUT2D eigenvalue weighted by atomic mass is 10.3. The van der Waals surface area contributed by atoms with Crippen molar-refractivity contribution in [3.8, 4) is 0 Å². The van der Waals surface area contributed by atoms with E-state index < -0.39 is 0 Å². The Morgan fingerprint density at radius 1 is 1.36 bits per heavy atom. The lowest BCUT2D eigenvalue weighted by Gasteiger charge is -2.20. The van der Waals surface area contributed by atoms with E-state index in [1.54, 1.807) is 0 Å². The Morgan fingerprint density at radius 3 is 2.91 bits per heavy atom. The summed E-state index contributed by atoms with van der Waals surface area (Å²) in [6, 6.07) is 5.78. The van der Waals surface area contributed by atoms with Gasteiger partial charge in [0.15, 0.2) is 0 Å². The molecule has 0 aliphatic carbocycles. The molecule has 0 spiro atoms. The van der Waals surface area contributed by atoms with Crippen LogP contribution in [0.2, 0.25) is 0 Å². The topological polar surface area (TPSA) is 49.6 Å². The van der Waals surface area contributed by atoms with Gasteiger partial charge in [-0.15, -0.1) is 11.3 Å². The molecule has 0 radical (unpaired) electrons. The van der Waals surface area contributed by atoms with Crippen LogP contribution in [0, 0.1) is 6.92 Å². The number of halogens is 1. The zero-order chi connectivity index (χ0) is 15.5. The van der Waals surface area contributed by atoms with Gasteiger partial charge >= 0.3 is 0 Å². The van der Waals surface area contributed by atoms with Gasteiger partial charge in [0, 0.05) is 38.8 Å². The predicted molar refractivity (Wildman–Crippen MR) is 89.1 cm³/mol. The van der Waals surface area contributed by atoms with E-state index in [0.717, 1.165) is 59.3 Å². The van der Waals surface area contributed by atoms with Gasteiger partial charge in [0.05, 0.1) is 14.4 Å². The third kappa shape index (κ3) is 3.77. The van der Waals surface area contributed by atoms with E-state index in [0.29, 0.717) is 0 Å². The second-order valence-corrected chi connectivity index (χ2v) is 7.92. The van der Waals surface area contributed by atoms with Gasteiger partial charge < -0.3 is 9.42 Å². The normalized spacial score (nSPS) is 16.7. The molecular formula is C15H18BrN3O2S. The summed E-state index contributed by atoms with van der Waals surface area (Å²) in [4.78, 5) is 17.6. The number of aromatic nitrogens is 1. The Hall–Kier alpha value is -1.18. The van der Waals surface area contributed by atoms with Gasteiger partial charge in [-0.1, -0.05) is 5.16 Å². The molecular weight excluding hydrogens is 366 g/mol. The summed E-state index contributed by atoms with van der Waals surface area (Å²) in [6.45, 7) is 6.09. The molecule has 1 fully saturated rings. The molecule has 118 valence electrons. The number of hydrogen-bond donors (Lipinski definition) is 0. The van der Waals surface area contributed by atoms with Crippen LogP contribution in [0.5, 0.6) is 0 Å². The van der Waals surface area contributed by atoms with Crippen molar-refractivity contribution in [2.75, 3.05) is 26.2 Å². The average molecular weight is 384 g/mol. The fraction of sp³-hybridized carbons (Fsp3) is 0.467. The van der Waals surface area contributed by atoms with Crippen molar-refractivity contribution in [3.05, 3.63) is 38.3 Å². The monoisotopic (exact) mass is 383 g/mol. The Kier molecular flexibility index (Phi) is 4.95. The molecule has 0 bridgehead atoms. The van der Waals surface area contributed by atoms with Crippen LogP contribution in [0.4, 0.5) is 0 Å². The largest absolute Gasteiger partial charge is 0.361 e. The summed E-state index contributed by atoms with van der Waals surface area (Å²) in [6.07, 6.45) is 0.981. The van der Waals surface area contributed by atoms with Gasteiger partial charge in [0.2, 0.25) is 0 Å². The fourth-order valence-electron chi connectivity index (χ4n) is 2.64. The molecule has 2 aromatic rings. The van der Waals surface area contributed by atoms with Crippen molar-refractivity contribution in [1.29, 1.82) is 0 Å².